The summed E-state index contributed by atoms with van der Waals surface area (Å²) in [5.41, 5.74) is 1.28. The maximum absolute atomic E-state index is 13.0. The number of rotatable bonds is 4. The second kappa shape index (κ2) is 7.73. The third-order valence-corrected chi connectivity index (χ3v) is 7.31. The number of piperidine rings is 1. The van der Waals surface area contributed by atoms with E-state index in [4.69, 9.17) is 9.26 Å². The minimum absolute atomic E-state index is 0.0454. The van der Waals surface area contributed by atoms with Gasteiger partial charge in [0.1, 0.15) is 16.3 Å². The van der Waals surface area contributed by atoms with Gasteiger partial charge in [0.2, 0.25) is 15.9 Å². The molecule has 0 radical (unpaired) electrons. The first kappa shape index (κ1) is 20.4. The summed E-state index contributed by atoms with van der Waals surface area (Å²) >= 11 is 0. The van der Waals surface area contributed by atoms with Crippen LogP contribution in [0.3, 0.4) is 0 Å². The number of carbonyl (C=O) groups excluding carboxylic acids is 2. The number of nitrogens with one attached hydrogen (secondary N) is 2. The Morgan fingerprint density at radius 2 is 2.13 bits per heavy atom. The maximum Gasteiger partial charge on any atom is 0.262 e. The van der Waals surface area contributed by atoms with Crippen molar-refractivity contribution in [1.29, 1.82) is 0 Å². The highest BCUT2D eigenvalue weighted by atomic mass is 32.2. The number of ether oxygens (including phenoxy) is 1. The minimum atomic E-state index is -3.80. The molecule has 1 aromatic carbocycles. The average Bonchev–Trinajstić information content (AvgIpc) is 3.06. The molecule has 1 aromatic heterocycles. The fourth-order valence-electron chi connectivity index (χ4n) is 3.75. The Morgan fingerprint density at radius 1 is 1.33 bits per heavy atom. The largest absolute Gasteiger partial charge is 0.482 e. The van der Waals surface area contributed by atoms with Crippen LogP contribution in [-0.4, -0.2) is 49.4 Å². The van der Waals surface area contributed by atoms with Crippen molar-refractivity contribution in [2.24, 2.45) is 5.92 Å². The molecule has 4 rings (SSSR count). The molecule has 0 aliphatic carbocycles. The van der Waals surface area contributed by atoms with E-state index in [2.05, 4.69) is 15.8 Å². The fourth-order valence-corrected chi connectivity index (χ4v) is 5.57. The molecule has 160 valence electrons. The molecule has 2 aliphatic rings. The van der Waals surface area contributed by atoms with E-state index in [0.29, 0.717) is 42.2 Å². The van der Waals surface area contributed by atoms with Crippen molar-refractivity contribution in [2.45, 2.75) is 31.6 Å². The Morgan fingerprint density at radius 3 is 2.87 bits per heavy atom. The van der Waals surface area contributed by atoms with Crippen molar-refractivity contribution < 1.29 is 27.3 Å². The first-order valence-corrected chi connectivity index (χ1v) is 11.0. The summed E-state index contributed by atoms with van der Waals surface area (Å²) in [5.74, 6) is -0.287. The third-order valence-electron chi connectivity index (χ3n) is 5.20. The van der Waals surface area contributed by atoms with Crippen LogP contribution >= 0.6 is 0 Å². The summed E-state index contributed by atoms with van der Waals surface area (Å²) < 4.78 is 37.7. The number of sulfonamides is 1. The van der Waals surface area contributed by atoms with Crippen LogP contribution in [0.4, 0.5) is 11.4 Å². The Balaban J connectivity index is 1.48. The number of anilines is 2. The van der Waals surface area contributed by atoms with Gasteiger partial charge in [-0.05, 0) is 44.9 Å². The lowest BCUT2D eigenvalue weighted by Crippen LogP contribution is -2.43. The Hall–Kier alpha value is -2.92. The van der Waals surface area contributed by atoms with Gasteiger partial charge >= 0.3 is 0 Å². The SMILES string of the molecule is Cc1noc(C)c1S(=O)(=O)N1CCCC(C(=O)Nc2ccc3c(c2)NC(=O)CO3)C1. The van der Waals surface area contributed by atoms with E-state index >= 15 is 0 Å². The Kier molecular flexibility index (Phi) is 5.24. The van der Waals surface area contributed by atoms with Crippen LogP contribution in [0.25, 0.3) is 0 Å². The van der Waals surface area contributed by atoms with Gasteiger partial charge in [-0.1, -0.05) is 5.16 Å². The molecule has 3 heterocycles. The number of aromatic nitrogens is 1. The molecule has 1 saturated heterocycles. The molecule has 1 unspecified atom stereocenters. The molecule has 0 bridgehead atoms. The van der Waals surface area contributed by atoms with Crippen LogP contribution in [0.1, 0.15) is 24.3 Å². The van der Waals surface area contributed by atoms with E-state index in [-0.39, 0.29) is 35.6 Å². The lowest BCUT2D eigenvalue weighted by molar-refractivity contribution is -0.121. The van der Waals surface area contributed by atoms with E-state index in [1.807, 2.05) is 0 Å². The van der Waals surface area contributed by atoms with Gasteiger partial charge < -0.3 is 19.9 Å². The summed E-state index contributed by atoms with van der Waals surface area (Å²) in [5, 5.41) is 9.22. The molecular weight excluding hydrogens is 412 g/mol. The first-order chi connectivity index (χ1) is 14.3. The van der Waals surface area contributed by atoms with Gasteiger partial charge in [-0.15, -0.1) is 0 Å². The van der Waals surface area contributed by atoms with Crippen LogP contribution in [0, 0.1) is 19.8 Å². The van der Waals surface area contributed by atoms with E-state index < -0.39 is 15.9 Å². The van der Waals surface area contributed by atoms with E-state index in [9.17, 15) is 18.0 Å². The van der Waals surface area contributed by atoms with Gasteiger partial charge in [0, 0.05) is 18.8 Å². The number of aryl methyl sites for hydroxylation is 2. The van der Waals surface area contributed by atoms with Gasteiger partial charge in [0.15, 0.2) is 12.4 Å². The third kappa shape index (κ3) is 3.77. The highest BCUT2D eigenvalue weighted by Gasteiger charge is 2.36. The topological polar surface area (TPSA) is 131 Å². The van der Waals surface area contributed by atoms with Crippen molar-refractivity contribution in [1.82, 2.24) is 9.46 Å². The summed E-state index contributed by atoms with van der Waals surface area (Å²) in [7, 11) is -3.80. The summed E-state index contributed by atoms with van der Waals surface area (Å²) in [6.07, 6.45) is 1.14. The van der Waals surface area contributed by atoms with Crippen molar-refractivity contribution >= 4 is 33.2 Å². The quantitative estimate of drug-likeness (QED) is 0.748. The summed E-state index contributed by atoms with van der Waals surface area (Å²) in [6.45, 7) is 3.49. The van der Waals surface area contributed by atoms with Gasteiger partial charge in [0.05, 0.1) is 11.6 Å². The van der Waals surface area contributed by atoms with E-state index in [0.717, 1.165) is 0 Å². The first-order valence-electron chi connectivity index (χ1n) is 9.56. The second-order valence-electron chi connectivity index (χ2n) is 7.39. The smallest absolute Gasteiger partial charge is 0.262 e. The molecule has 2 aromatic rings. The number of carbonyl (C=O) groups is 2. The van der Waals surface area contributed by atoms with Crippen LogP contribution in [0.2, 0.25) is 0 Å². The zero-order valence-electron chi connectivity index (χ0n) is 16.6. The summed E-state index contributed by atoms with van der Waals surface area (Å²) in [4.78, 5) is 24.4. The molecule has 0 spiro atoms. The van der Waals surface area contributed by atoms with Crippen molar-refractivity contribution in [3.8, 4) is 5.75 Å². The Bertz CT molecular complexity index is 1090. The summed E-state index contributed by atoms with van der Waals surface area (Å²) in [6, 6.07) is 4.96. The molecule has 0 saturated carbocycles. The highest BCUT2D eigenvalue weighted by Crippen LogP contribution is 2.32. The van der Waals surface area contributed by atoms with Crippen molar-refractivity contribution in [3.63, 3.8) is 0 Å². The monoisotopic (exact) mass is 434 g/mol. The number of hydrogen-bond acceptors (Lipinski definition) is 7. The molecule has 2 amide bonds. The van der Waals surface area contributed by atoms with Crippen LogP contribution in [0.5, 0.6) is 5.75 Å². The number of benzene rings is 1. The number of fused-ring (bicyclic) bond motifs is 1. The number of amides is 2. The molecule has 2 aliphatic heterocycles. The molecule has 10 nitrogen and oxygen atoms in total. The van der Waals surface area contributed by atoms with Gasteiger partial charge in [-0.25, -0.2) is 8.42 Å². The second-order valence-corrected chi connectivity index (χ2v) is 9.27. The lowest BCUT2D eigenvalue weighted by Gasteiger charge is -2.31. The molecule has 11 heteroatoms. The zero-order valence-corrected chi connectivity index (χ0v) is 17.4. The minimum Gasteiger partial charge on any atom is -0.482 e. The van der Waals surface area contributed by atoms with Crippen molar-refractivity contribution in [3.05, 3.63) is 29.7 Å². The predicted octanol–water partition coefficient (Wildman–Crippen LogP) is 1.66. The van der Waals surface area contributed by atoms with Crippen LogP contribution < -0.4 is 15.4 Å². The zero-order chi connectivity index (χ0) is 21.5. The average molecular weight is 434 g/mol. The molecule has 30 heavy (non-hydrogen) atoms. The van der Waals surface area contributed by atoms with Gasteiger partial charge in [0.25, 0.3) is 5.91 Å². The number of hydrogen-bond donors (Lipinski definition) is 2. The molecule has 2 N–H and O–H groups in total. The standard InChI is InChI=1S/C19H22N4O6S/c1-11-18(12(2)29-22-11)30(26,27)23-7-3-4-13(9-23)19(25)20-14-5-6-16-15(8-14)21-17(24)10-28-16/h5-6,8,13H,3-4,7,9-10H2,1-2H3,(H,20,25)(H,21,24). The van der Waals surface area contributed by atoms with E-state index in [1.54, 1.807) is 32.0 Å². The molecule has 1 atom stereocenters. The normalized spacial score (nSPS) is 19.5. The lowest BCUT2D eigenvalue weighted by atomic mass is 9.98. The van der Waals surface area contributed by atoms with Gasteiger partial charge in [-0.2, -0.15) is 4.31 Å². The molecular formula is C19H22N4O6S. The Labute approximate surface area is 173 Å². The van der Waals surface area contributed by atoms with Gasteiger partial charge in [-0.3, -0.25) is 9.59 Å². The number of nitrogens with zero attached hydrogens (tertiary/aromatic N) is 2. The maximum atomic E-state index is 13.0. The highest BCUT2D eigenvalue weighted by molar-refractivity contribution is 7.89. The molecule has 1 fully saturated rings. The predicted molar refractivity (Wildman–Crippen MR) is 107 cm³/mol. The van der Waals surface area contributed by atoms with Crippen LogP contribution in [-0.2, 0) is 19.6 Å². The van der Waals surface area contributed by atoms with Crippen molar-refractivity contribution in [2.75, 3.05) is 30.3 Å². The van der Waals surface area contributed by atoms with E-state index in [1.165, 1.54) is 4.31 Å². The van der Waals surface area contributed by atoms with Crippen LogP contribution in [0.15, 0.2) is 27.6 Å². The fraction of sp³-hybridized carbons (Fsp3) is 0.421.